The normalized spacial score (nSPS) is 16.8. The van der Waals surface area contributed by atoms with Crippen LogP contribution in [0.4, 0.5) is 0 Å². The van der Waals surface area contributed by atoms with Crippen molar-refractivity contribution in [2.45, 2.75) is 12.8 Å². The number of piperidine rings is 1. The molecule has 0 saturated carbocycles. The Hall–Kier alpha value is -1.21. The van der Waals surface area contributed by atoms with Crippen LogP contribution in [-0.4, -0.2) is 50.0 Å². The third-order valence-electron chi connectivity index (χ3n) is 4.00. The second-order valence-electron chi connectivity index (χ2n) is 5.64. The van der Waals surface area contributed by atoms with Crippen molar-refractivity contribution < 1.29 is 14.3 Å². The molecule has 1 aromatic rings. The molecule has 0 bridgehead atoms. The lowest BCUT2D eigenvalue weighted by Gasteiger charge is -2.32. The average Bonchev–Trinajstić information content (AvgIpc) is 2.61. The number of rotatable bonds is 5. The Balaban J connectivity index is 0.00000312. The third kappa shape index (κ3) is 5.38. The SMILES string of the molecule is COc1cc(Cl)c(Cl)cc1C(=O)N1CCCC(C(=O)NCCN)C1.Cl. The van der Waals surface area contributed by atoms with Crippen LogP contribution in [0.15, 0.2) is 12.1 Å². The fraction of sp³-hybridized carbons (Fsp3) is 0.500. The van der Waals surface area contributed by atoms with Gasteiger partial charge in [0.05, 0.1) is 28.6 Å². The number of nitrogens with one attached hydrogen (secondary N) is 1. The summed E-state index contributed by atoms with van der Waals surface area (Å²) >= 11 is 12.0. The van der Waals surface area contributed by atoms with Gasteiger partial charge in [0.2, 0.25) is 5.91 Å². The van der Waals surface area contributed by atoms with E-state index in [1.165, 1.54) is 19.2 Å². The molecule has 0 aromatic heterocycles. The molecule has 0 spiro atoms. The molecule has 1 heterocycles. The van der Waals surface area contributed by atoms with E-state index in [1.807, 2.05) is 0 Å². The van der Waals surface area contributed by atoms with Crippen molar-refractivity contribution in [1.82, 2.24) is 10.2 Å². The number of likely N-dealkylation sites (tertiary alicyclic amines) is 1. The highest BCUT2D eigenvalue weighted by Crippen LogP contribution is 2.32. The Morgan fingerprint density at radius 1 is 1.36 bits per heavy atom. The zero-order valence-electron chi connectivity index (χ0n) is 13.9. The number of halogens is 3. The summed E-state index contributed by atoms with van der Waals surface area (Å²) in [5.74, 6) is -0.159. The molecular formula is C16H22Cl3N3O3. The molecule has 1 aliphatic rings. The molecule has 1 fully saturated rings. The van der Waals surface area contributed by atoms with E-state index in [2.05, 4.69) is 5.32 Å². The van der Waals surface area contributed by atoms with Gasteiger partial charge in [0.1, 0.15) is 5.75 Å². The van der Waals surface area contributed by atoms with Gasteiger partial charge in [-0.3, -0.25) is 9.59 Å². The fourth-order valence-electron chi connectivity index (χ4n) is 2.75. The van der Waals surface area contributed by atoms with E-state index < -0.39 is 0 Å². The standard InChI is InChI=1S/C16H21Cl2N3O3.ClH/c1-24-14-8-13(18)12(17)7-11(14)16(23)21-6-2-3-10(9-21)15(22)20-5-4-19;/h7-8,10H,2-6,9,19H2,1H3,(H,20,22);1H. The molecule has 2 amide bonds. The van der Waals surface area contributed by atoms with Gasteiger partial charge in [-0.05, 0) is 18.9 Å². The van der Waals surface area contributed by atoms with Gasteiger partial charge in [0.15, 0.2) is 0 Å². The molecule has 140 valence electrons. The van der Waals surface area contributed by atoms with E-state index in [-0.39, 0.29) is 35.2 Å². The van der Waals surface area contributed by atoms with E-state index in [4.69, 9.17) is 33.7 Å². The topological polar surface area (TPSA) is 84.7 Å². The molecule has 1 atom stereocenters. The van der Waals surface area contributed by atoms with Crippen molar-refractivity contribution in [2.24, 2.45) is 11.7 Å². The van der Waals surface area contributed by atoms with Gasteiger partial charge in [-0.2, -0.15) is 0 Å². The predicted molar refractivity (Wildman–Crippen MR) is 101 cm³/mol. The summed E-state index contributed by atoms with van der Waals surface area (Å²) < 4.78 is 5.24. The van der Waals surface area contributed by atoms with Gasteiger partial charge < -0.3 is 20.7 Å². The van der Waals surface area contributed by atoms with Crippen LogP contribution in [-0.2, 0) is 4.79 Å². The number of amides is 2. The zero-order valence-corrected chi connectivity index (χ0v) is 16.2. The lowest BCUT2D eigenvalue weighted by molar-refractivity contribution is -0.126. The Kier molecular flexibility index (Phi) is 8.79. The van der Waals surface area contributed by atoms with Crippen LogP contribution >= 0.6 is 35.6 Å². The monoisotopic (exact) mass is 409 g/mol. The van der Waals surface area contributed by atoms with Crippen LogP contribution in [0.5, 0.6) is 5.75 Å². The molecule has 1 unspecified atom stereocenters. The smallest absolute Gasteiger partial charge is 0.257 e. The van der Waals surface area contributed by atoms with Crippen LogP contribution in [0.3, 0.4) is 0 Å². The highest BCUT2D eigenvalue weighted by Gasteiger charge is 2.30. The molecule has 1 aliphatic heterocycles. The quantitative estimate of drug-likeness (QED) is 0.780. The molecule has 25 heavy (non-hydrogen) atoms. The van der Waals surface area contributed by atoms with Crippen molar-refractivity contribution >= 4 is 47.4 Å². The molecular weight excluding hydrogens is 389 g/mol. The van der Waals surface area contributed by atoms with Crippen LogP contribution in [0.2, 0.25) is 10.0 Å². The molecule has 0 aliphatic carbocycles. The number of hydrogen-bond donors (Lipinski definition) is 2. The first kappa shape index (κ1) is 21.8. The van der Waals surface area contributed by atoms with Gasteiger partial charge in [0.25, 0.3) is 5.91 Å². The number of nitrogens with zero attached hydrogens (tertiary/aromatic N) is 1. The Bertz CT molecular complexity index is 628. The summed E-state index contributed by atoms with van der Waals surface area (Å²) in [6, 6.07) is 3.02. The predicted octanol–water partition coefficient (Wildman–Crippen LogP) is 2.35. The van der Waals surface area contributed by atoms with Gasteiger partial charge in [-0.25, -0.2) is 0 Å². The number of carbonyl (C=O) groups is 2. The number of nitrogens with two attached hydrogens (primary N) is 1. The minimum absolute atomic E-state index is 0. The van der Waals surface area contributed by atoms with E-state index in [9.17, 15) is 9.59 Å². The second-order valence-corrected chi connectivity index (χ2v) is 6.45. The minimum Gasteiger partial charge on any atom is -0.496 e. The molecule has 1 saturated heterocycles. The largest absolute Gasteiger partial charge is 0.496 e. The highest BCUT2D eigenvalue weighted by molar-refractivity contribution is 6.42. The van der Waals surface area contributed by atoms with Crippen molar-refractivity contribution in [1.29, 1.82) is 0 Å². The first-order chi connectivity index (χ1) is 11.5. The summed E-state index contributed by atoms with van der Waals surface area (Å²) in [6.45, 7) is 1.77. The van der Waals surface area contributed by atoms with Crippen LogP contribution in [0, 0.1) is 5.92 Å². The number of hydrogen-bond acceptors (Lipinski definition) is 4. The lowest BCUT2D eigenvalue weighted by Crippen LogP contribution is -2.46. The Morgan fingerprint density at radius 2 is 2.04 bits per heavy atom. The number of benzene rings is 1. The fourth-order valence-corrected chi connectivity index (χ4v) is 3.07. The van der Waals surface area contributed by atoms with Crippen molar-refractivity contribution in [2.75, 3.05) is 33.3 Å². The molecule has 9 heteroatoms. The number of ether oxygens (including phenoxy) is 1. The summed E-state index contributed by atoms with van der Waals surface area (Å²) in [4.78, 5) is 26.6. The molecule has 2 rings (SSSR count). The maximum Gasteiger partial charge on any atom is 0.257 e. The summed E-state index contributed by atoms with van der Waals surface area (Å²) in [6.07, 6.45) is 1.51. The van der Waals surface area contributed by atoms with Crippen molar-refractivity contribution in [3.05, 3.63) is 27.7 Å². The Morgan fingerprint density at radius 3 is 2.68 bits per heavy atom. The highest BCUT2D eigenvalue weighted by atomic mass is 35.5. The number of carbonyl (C=O) groups excluding carboxylic acids is 2. The van der Waals surface area contributed by atoms with E-state index >= 15 is 0 Å². The maximum atomic E-state index is 12.8. The van der Waals surface area contributed by atoms with Gasteiger partial charge in [0, 0.05) is 32.2 Å². The number of methoxy groups -OCH3 is 1. The van der Waals surface area contributed by atoms with E-state index in [0.717, 1.165) is 12.8 Å². The van der Waals surface area contributed by atoms with E-state index in [0.29, 0.717) is 42.5 Å². The van der Waals surface area contributed by atoms with E-state index in [1.54, 1.807) is 4.90 Å². The maximum absolute atomic E-state index is 12.8. The summed E-state index contributed by atoms with van der Waals surface area (Å²) in [5.41, 5.74) is 5.74. The van der Waals surface area contributed by atoms with Gasteiger partial charge in [-0.15, -0.1) is 12.4 Å². The minimum atomic E-state index is -0.233. The molecule has 6 nitrogen and oxygen atoms in total. The van der Waals surface area contributed by atoms with Gasteiger partial charge in [-0.1, -0.05) is 23.2 Å². The Labute approximate surface area is 163 Å². The average molecular weight is 411 g/mol. The summed E-state index contributed by atoms with van der Waals surface area (Å²) in [5, 5.41) is 3.38. The molecule has 1 aromatic carbocycles. The zero-order chi connectivity index (χ0) is 17.7. The van der Waals surface area contributed by atoms with Crippen molar-refractivity contribution in [3.63, 3.8) is 0 Å². The van der Waals surface area contributed by atoms with Crippen molar-refractivity contribution in [3.8, 4) is 5.75 Å². The molecule has 0 radical (unpaired) electrons. The molecule has 3 N–H and O–H groups in total. The van der Waals surface area contributed by atoms with Crippen LogP contribution in [0.25, 0.3) is 0 Å². The first-order valence-corrected chi connectivity index (χ1v) is 8.53. The third-order valence-corrected chi connectivity index (χ3v) is 4.72. The first-order valence-electron chi connectivity index (χ1n) is 7.78. The second kappa shape index (κ2) is 10.1. The summed E-state index contributed by atoms with van der Waals surface area (Å²) in [7, 11) is 1.47. The van der Waals surface area contributed by atoms with Gasteiger partial charge >= 0.3 is 0 Å². The van der Waals surface area contributed by atoms with Crippen LogP contribution in [0.1, 0.15) is 23.2 Å². The lowest BCUT2D eigenvalue weighted by atomic mass is 9.96. The van der Waals surface area contributed by atoms with Crippen LogP contribution < -0.4 is 15.8 Å².